The minimum absolute atomic E-state index is 0.0129. The summed E-state index contributed by atoms with van der Waals surface area (Å²) in [6.07, 6.45) is 0.0983. The van der Waals surface area contributed by atoms with E-state index in [0.29, 0.717) is 34.9 Å². The molecule has 3 heterocycles. The predicted octanol–water partition coefficient (Wildman–Crippen LogP) is 5.71. The molecule has 1 aliphatic rings. The van der Waals surface area contributed by atoms with E-state index in [2.05, 4.69) is 21.3 Å². The van der Waals surface area contributed by atoms with Crippen LogP contribution in [0.15, 0.2) is 48.6 Å². The number of alkyl halides is 3. The molecule has 13 heteroatoms. The highest BCUT2D eigenvalue weighted by Crippen LogP contribution is 2.39. The van der Waals surface area contributed by atoms with Crippen molar-refractivity contribution in [2.45, 2.75) is 46.5 Å². The molecule has 2 amide bonds. The van der Waals surface area contributed by atoms with E-state index in [9.17, 15) is 23.1 Å². The second kappa shape index (κ2) is 12.4. The molecule has 0 aliphatic carbocycles. The Morgan fingerprint density at radius 2 is 2.00 bits per heavy atom. The van der Waals surface area contributed by atoms with Crippen LogP contribution < -0.4 is 9.64 Å². The number of aromatic nitrogens is 3. The highest BCUT2D eigenvalue weighted by Gasteiger charge is 2.38. The Hall–Kier alpha value is -3.51. The molecule has 38 heavy (non-hydrogen) atoms. The number of carbonyl (C=O) groups is 1. The number of hydrogen-bond acceptors (Lipinski definition) is 6. The summed E-state index contributed by atoms with van der Waals surface area (Å²) in [7, 11) is 0. The van der Waals surface area contributed by atoms with Crippen molar-refractivity contribution in [1.29, 1.82) is 0 Å². The first-order chi connectivity index (χ1) is 18.0. The largest absolute Gasteiger partial charge is 0.572 e. The van der Waals surface area contributed by atoms with E-state index in [1.165, 1.54) is 16.0 Å². The number of ether oxygens (including phenoxy) is 2. The Morgan fingerprint density at radius 3 is 2.58 bits per heavy atom. The molecule has 3 rings (SSSR count). The van der Waals surface area contributed by atoms with E-state index in [1.54, 1.807) is 36.6 Å². The van der Waals surface area contributed by atoms with Crippen LogP contribution in [0.5, 0.6) is 6.01 Å². The molecule has 206 valence electrons. The summed E-state index contributed by atoms with van der Waals surface area (Å²) in [6, 6.07) is 3.03. The number of hydrogen-bond donors (Lipinski definition) is 1. The molecule has 0 radical (unpaired) electrons. The third-order valence-corrected chi connectivity index (χ3v) is 5.66. The van der Waals surface area contributed by atoms with Crippen LogP contribution in [0.2, 0.25) is 5.02 Å². The number of urea groups is 1. The van der Waals surface area contributed by atoms with Crippen LogP contribution in [0.1, 0.15) is 45.0 Å². The van der Waals surface area contributed by atoms with Crippen LogP contribution >= 0.6 is 11.6 Å². The van der Waals surface area contributed by atoms with Gasteiger partial charge in [-0.1, -0.05) is 25.1 Å². The zero-order chi connectivity index (χ0) is 28.0. The van der Waals surface area contributed by atoms with Crippen molar-refractivity contribution in [3.05, 3.63) is 65.0 Å². The molecule has 0 aromatic carbocycles. The van der Waals surface area contributed by atoms with Crippen molar-refractivity contribution >= 4 is 29.1 Å². The van der Waals surface area contributed by atoms with E-state index >= 15 is 0 Å². The van der Waals surface area contributed by atoms with Gasteiger partial charge in [0.2, 0.25) is 0 Å². The van der Waals surface area contributed by atoms with Gasteiger partial charge in [0.25, 0.3) is 0 Å². The van der Waals surface area contributed by atoms with Gasteiger partial charge in [-0.3, -0.25) is 19.4 Å². The molecule has 2 aromatic heterocycles. The Balaban J connectivity index is 2.13. The average molecular weight is 556 g/mol. The first-order valence-electron chi connectivity index (χ1n) is 11.9. The number of rotatable bonds is 11. The number of allylic oxidation sites excluding steroid dienone is 3. The zero-order valence-corrected chi connectivity index (χ0v) is 22.0. The maximum atomic E-state index is 13.2. The number of aliphatic hydroxyl groups excluding tert-OH is 1. The Bertz CT molecular complexity index is 1220. The van der Waals surface area contributed by atoms with Gasteiger partial charge in [-0.25, -0.2) is 4.79 Å². The normalized spacial score (nSPS) is 14.7. The van der Waals surface area contributed by atoms with Crippen molar-refractivity contribution < 1.29 is 32.5 Å². The summed E-state index contributed by atoms with van der Waals surface area (Å²) < 4.78 is 49.8. The van der Waals surface area contributed by atoms with Gasteiger partial charge >= 0.3 is 18.4 Å². The molecule has 2 aromatic rings. The van der Waals surface area contributed by atoms with Crippen molar-refractivity contribution in [3.8, 4) is 6.01 Å². The molecule has 1 N–H and O–H groups in total. The SMILES string of the molecule is C=C1c2c(nc(OC(/C=C(\C)OC(F)(F)F)=C/CC)n2Cc2ccc(Cl)cn2)N(CC)C(=O)N1CCCO. The standard InChI is InChI=1S/C25H29ClF3N5O4/c1-5-8-20(13-16(3)38-25(27,28)29)37-23-31-22-21(34(23)15-19-10-9-18(26)14-30-19)17(4)33(11-7-12-35)24(36)32(22)6-2/h8-10,13-14,35H,4-7,11-12,15H2,1-3H3/b16-13+,20-8+. The lowest BCUT2D eigenvalue weighted by Gasteiger charge is -2.35. The highest BCUT2D eigenvalue weighted by molar-refractivity contribution is 6.30. The quantitative estimate of drug-likeness (QED) is 0.282. The second-order valence-corrected chi connectivity index (χ2v) is 8.68. The van der Waals surface area contributed by atoms with Crippen molar-refractivity contribution in [1.82, 2.24) is 19.4 Å². The molecule has 0 atom stereocenters. The van der Waals surface area contributed by atoms with E-state index in [4.69, 9.17) is 16.3 Å². The smallest absolute Gasteiger partial charge is 0.426 e. The predicted molar refractivity (Wildman–Crippen MR) is 136 cm³/mol. The Labute approximate surface area is 223 Å². The van der Waals surface area contributed by atoms with Gasteiger partial charge in [-0.2, -0.15) is 4.98 Å². The number of pyridine rings is 1. The summed E-state index contributed by atoms with van der Waals surface area (Å²) in [5.74, 6) is -0.0711. The number of halogens is 4. The second-order valence-electron chi connectivity index (χ2n) is 8.24. The molecule has 1 aliphatic heterocycles. The first kappa shape index (κ1) is 29.1. The fourth-order valence-corrected chi connectivity index (χ4v) is 3.96. The van der Waals surface area contributed by atoms with E-state index in [-0.39, 0.29) is 49.9 Å². The lowest BCUT2D eigenvalue weighted by atomic mass is 10.2. The molecule has 0 spiro atoms. The number of aliphatic hydroxyl groups is 1. The Morgan fingerprint density at radius 1 is 1.26 bits per heavy atom. The summed E-state index contributed by atoms with van der Waals surface area (Å²) in [6.45, 7) is 9.37. The minimum atomic E-state index is -4.85. The maximum absolute atomic E-state index is 13.2. The molecular weight excluding hydrogens is 527 g/mol. The third-order valence-electron chi connectivity index (χ3n) is 5.43. The minimum Gasteiger partial charge on any atom is -0.426 e. The fourth-order valence-electron chi connectivity index (χ4n) is 3.85. The molecular formula is C25H29ClF3N5O4. The van der Waals surface area contributed by atoms with Crippen LogP contribution in [-0.2, 0) is 11.3 Å². The molecule has 0 saturated heterocycles. The van der Waals surface area contributed by atoms with Gasteiger partial charge in [0.15, 0.2) is 5.82 Å². The van der Waals surface area contributed by atoms with E-state index < -0.39 is 12.1 Å². The molecule has 0 unspecified atom stereocenters. The van der Waals surface area contributed by atoms with Crippen molar-refractivity contribution in [3.63, 3.8) is 0 Å². The Kier molecular flexibility index (Phi) is 9.45. The highest BCUT2D eigenvalue weighted by atomic mass is 35.5. The fraction of sp³-hybridized carbons (Fsp3) is 0.400. The topological polar surface area (TPSA) is 93.0 Å². The summed E-state index contributed by atoms with van der Waals surface area (Å²) in [5, 5.41) is 9.77. The van der Waals surface area contributed by atoms with Crippen molar-refractivity contribution in [2.75, 3.05) is 24.6 Å². The van der Waals surface area contributed by atoms with Crippen molar-refractivity contribution in [2.24, 2.45) is 0 Å². The molecule has 9 nitrogen and oxygen atoms in total. The first-order valence-corrected chi connectivity index (χ1v) is 12.3. The number of carbonyl (C=O) groups excluding carboxylic acids is 1. The van der Waals surface area contributed by atoms with Crippen LogP contribution in [-0.4, -0.2) is 56.6 Å². The number of anilines is 1. The van der Waals surface area contributed by atoms with Gasteiger partial charge in [-0.05, 0) is 44.9 Å². The number of nitrogens with zero attached hydrogens (tertiary/aromatic N) is 5. The van der Waals surface area contributed by atoms with Crippen LogP contribution in [0, 0.1) is 0 Å². The van der Waals surface area contributed by atoms with E-state index in [1.807, 2.05) is 0 Å². The summed E-state index contributed by atoms with van der Waals surface area (Å²) in [5.41, 5.74) is 1.40. The number of imidazole rings is 1. The van der Waals surface area contributed by atoms with Gasteiger partial charge < -0.3 is 14.6 Å². The number of amides is 2. The summed E-state index contributed by atoms with van der Waals surface area (Å²) in [4.78, 5) is 25.0. The monoisotopic (exact) mass is 555 g/mol. The van der Waals surface area contributed by atoms with Gasteiger partial charge in [-0.15, -0.1) is 13.2 Å². The van der Waals surface area contributed by atoms with Crippen LogP contribution in [0.3, 0.4) is 0 Å². The molecule has 0 bridgehead atoms. The van der Waals surface area contributed by atoms with E-state index in [0.717, 1.165) is 13.0 Å². The lowest BCUT2D eigenvalue weighted by molar-refractivity contribution is -0.305. The van der Waals surface area contributed by atoms with Gasteiger partial charge in [0, 0.05) is 32.0 Å². The lowest BCUT2D eigenvalue weighted by Crippen LogP contribution is -2.47. The van der Waals surface area contributed by atoms with Gasteiger partial charge in [0.05, 0.1) is 23.0 Å². The third kappa shape index (κ3) is 6.87. The molecule has 0 saturated carbocycles. The summed E-state index contributed by atoms with van der Waals surface area (Å²) >= 11 is 5.99. The van der Waals surface area contributed by atoms with Crippen LogP contribution in [0.4, 0.5) is 23.8 Å². The zero-order valence-electron chi connectivity index (χ0n) is 21.3. The van der Waals surface area contributed by atoms with Crippen LogP contribution in [0.25, 0.3) is 5.70 Å². The van der Waals surface area contributed by atoms with Gasteiger partial charge in [0.1, 0.15) is 17.2 Å². The molecule has 0 fully saturated rings. The average Bonchev–Trinajstić information content (AvgIpc) is 3.17. The maximum Gasteiger partial charge on any atom is 0.572 e. The number of fused-ring (bicyclic) bond motifs is 1.